The first-order valence-corrected chi connectivity index (χ1v) is 5.89. The Morgan fingerprint density at radius 1 is 1.74 bits per heavy atom. The summed E-state index contributed by atoms with van der Waals surface area (Å²) in [4.78, 5) is 15.5. The van der Waals surface area contributed by atoms with Crippen molar-refractivity contribution in [1.82, 2.24) is 9.55 Å². The van der Waals surface area contributed by atoms with Crippen molar-refractivity contribution in [1.29, 1.82) is 0 Å². The van der Waals surface area contributed by atoms with E-state index in [1.165, 1.54) is 23.9 Å². The second kappa shape index (κ2) is 4.27. The number of ether oxygens (including phenoxy) is 3. The van der Waals surface area contributed by atoms with Gasteiger partial charge in [0, 0.05) is 13.3 Å². The molecule has 0 saturated carbocycles. The molecule has 8 heteroatoms. The van der Waals surface area contributed by atoms with Crippen molar-refractivity contribution in [2.75, 3.05) is 26.1 Å². The fourth-order valence-corrected chi connectivity index (χ4v) is 2.57. The van der Waals surface area contributed by atoms with Crippen molar-refractivity contribution in [3.05, 3.63) is 22.7 Å². The second-order valence-corrected chi connectivity index (χ2v) is 4.71. The van der Waals surface area contributed by atoms with Crippen LogP contribution < -0.4 is 11.4 Å². The van der Waals surface area contributed by atoms with Crippen molar-refractivity contribution in [2.45, 2.75) is 24.0 Å². The van der Waals surface area contributed by atoms with Gasteiger partial charge in [0.2, 0.25) is 0 Å². The topological polar surface area (TPSA) is 109 Å². The number of rotatable bonds is 3. The van der Waals surface area contributed by atoms with E-state index in [-0.39, 0.29) is 19.0 Å². The average Bonchev–Trinajstić information content (AvgIpc) is 2.58. The lowest BCUT2D eigenvalue weighted by atomic mass is 9.91. The Morgan fingerprint density at radius 2 is 2.53 bits per heavy atom. The lowest BCUT2D eigenvalue weighted by molar-refractivity contribution is -0.247. The van der Waals surface area contributed by atoms with Crippen molar-refractivity contribution < 1.29 is 19.3 Å². The smallest absolute Gasteiger partial charge is 0.351 e. The van der Waals surface area contributed by atoms with Crippen LogP contribution in [0, 0.1) is 0 Å². The largest absolute Gasteiger partial charge is 0.393 e. The number of methoxy groups -OCH3 is 1. The van der Waals surface area contributed by atoms with Gasteiger partial charge in [-0.2, -0.15) is 4.98 Å². The molecule has 2 aliphatic rings. The summed E-state index contributed by atoms with van der Waals surface area (Å²) in [6, 6.07) is 1.50. The standard InChI is InChI=1S/C11H15N3O5/c1-17-7-8-11(4-15,5-18-8)19-9(7)14-3-2-6(12)13-10(14)16/h2-3,7-9,15H,4-5H2,1H3,(H2,12,13,16)/t7-,8+,9-,11+/m1/s1. The first-order valence-electron chi connectivity index (χ1n) is 5.89. The van der Waals surface area contributed by atoms with Crippen LogP contribution in [0.15, 0.2) is 17.1 Å². The number of hydrogen-bond donors (Lipinski definition) is 2. The van der Waals surface area contributed by atoms with E-state index in [1.807, 2.05) is 0 Å². The van der Waals surface area contributed by atoms with Crippen LogP contribution in [0.1, 0.15) is 6.23 Å². The second-order valence-electron chi connectivity index (χ2n) is 4.71. The Labute approximate surface area is 108 Å². The predicted octanol–water partition coefficient (Wildman–Crippen LogP) is -1.50. The summed E-state index contributed by atoms with van der Waals surface area (Å²) in [6.07, 6.45) is -0.0665. The molecule has 8 nitrogen and oxygen atoms in total. The molecule has 19 heavy (non-hydrogen) atoms. The molecule has 0 spiro atoms. The van der Waals surface area contributed by atoms with Gasteiger partial charge >= 0.3 is 5.69 Å². The highest BCUT2D eigenvalue weighted by molar-refractivity contribution is 5.24. The highest BCUT2D eigenvalue weighted by Crippen LogP contribution is 2.45. The van der Waals surface area contributed by atoms with Gasteiger partial charge in [-0.05, 0) is 6.07 Å². The third-order valence-corrected chi connectivity index (χ3v) is 3.63. The lowest BCUT2D eigenvalue weighted by Gasteiger charge is -2.42. The molecule has 0 unspecified atom stereocenters. The van der Waals surface area contributed by atoms with E-state index in [1.54, 1.807) is 0 Å². The number of anilines is 1. The van der Waals surface area contributed by atoms with Crippen LogP contribution in [0.2, 0.25) is 0 Å². The predicted molar refractivity (Wildman–Crippen MR) is 63.4 cm³/mol. The van der Waals surface area contributed by atoms with Gasteiger partial charge in [-0.3, -0.25) is 4.57 Å². The number of hydrogen-bond acceptors (Lipinski definition) is 7. The van der Waals surface area contributed by atoms with Crippen molar-refractivity contribution in [3.8, 4) is 0 Å². The summed E-state index contributed by atoms with van der Waals surface area (Å²) in [5.41, 5.74) is 4.13. The van der Waals surface area contributed by atoms with Crippen LogP contribution in [0.4, 0.5) is 5.82 Å². The molecule has 1 aromatic rings. The summed E-state index contributed by atoms with van der Waals surface area (Å²) < 4.78 is 17.8. The van der Waals surface area contributed by atoms with Gasteiger partial charge in [-0.15, -0.1) is 0 Å². The molecule has 3 heterocycles. The third kappa shape index (κ3) is 1.68. The van der Waals surface area contributed by atoms with Crippen LogP contribution in [-0.4, -0.2) is 52.8 Å². The van der Waals surface area contributed by atoms with E-state index >= 15 is 0 Å². The van der Waals surface area contributed by atoms with E-state index in [2.05, 4.69) is 4.98 Å². The minimum absolute atomic E-state index is 0.143. The number of nitrogen functional groups attached to an aromatic ring is 1. The summed E-state index contributed by atoms with van der Waals surface area (Å²) in [5.74, 6) is 0.143. The number of fused-ring (bicyclic) bond motifs is 1. The Morgan fingerprint density at radius 3 is 3.05 bits per heavy atom. The summed E-state index contributed by atoms with van der Waals surface area (Å²) in [6.45, 7) is 0.0901. The maximum atomic E-state index is 11.8. The maximum absolute atomic E-state index is 11.8. The Bertz CT molecular complexity index is 543. The van der Waals surface area contributed by atoms with E-state index in [9.17, 15) is 9.90 Å². The highest BCUT2D eigenvalue weighted by atomic mass is 16.7. The highest BCUT2D eigenvalue weighted by Gasteiger charge is 2.63. The molecule has 0 aromatic carbocycles. The molecule has 1 aromatic heterocycles. The lowest BCUT2D eigenvalue weighted by Crippen LogP contribution is -2.61. The summed E-state index contributed by atoms with van der Waals surface area (Å²) >= 11 is 0. The van der Waals surface area contributed by atoms with E-state index in [0.29, 0.717) is 0 Å². The first-order chi connectivity index (χ1) is 9.11. The van der Waals surface area contributed by atoms with Gasteiger partial charge in [0.05, 0.1) is 13.2 Å². The van der Waals surface area contributed by atoms with E-state index in [4.69, 9.17) is 19.9 Å². The third-order valence-electron chi connectivity index (χ3n) is 3.63. The summed E-state index contributed by atoms with van der Waals surface area (Å²) in [5, 5.41) is 9.45. The number of aromatic nitrogens is 2. The fraction of sp³-hybridized carbons (Fsp3) is 0.636. The number of nitrogens with zero attached hydrogens (tertiary/aromatic N) is 2. The van der Waals surface area contributed by atoms with E-state index < -0.39 is 29.7 Å². The number of nitrogens with two attached hydrogens (primary N) is 1. The average molecular weight is 269 g/mol. The molecule has 0 amide bonds. The molecule has 4 atom stereocenters. The molecule has 2 aliphatic heterocycles. The zero-order valence-electron chi connectivity index (χ0n) is 10.4. The zero-order valence-corrected chi connectivity index (χ0v) is 10.4. The van der Waals surface area contributed by atoms with Crippen LogP contribution in [-0.2, 0) is 14.2 Å². The van der Waals surface area contributed by atoms with Gasteiger partial charge in [0.25, 0.3) is 0 Å². The first kappa shape index (κ1) is 12.5. The maximum Gasteiger partial charge on any atom is 0.351 e. The quantitative estimate of drug-likeness (QED) is 0.687. The zero-order chi connectivity index (χ0) is 13.6. The Balaban J connectivity index is 1.98. The van der Waals surface area contributed by atoms with Crippen LogP contribution in [0.25, 0.3) is 0 Å². The molecule has 0 radical (unpaired) electrons. The van der Waals surface area contributed by atoms with Crippen molar-refractivity contribution in [2.24, 2.45) is 0 Å². The molecule has 3 rings (SSSR count). The molecule has 3 N–H and O–H groups in total. The van der Waals surface area contributed by atoms with Crippen LogP contribution in [0.3, 0.4) is 0 Å². The SMILES string of the molecule is CO[C@H]1[C@H](n2ccc(N)nc2=O)O[C@@]2(CO)CO[C@@H]12. The molecule has 0 aliphatic carbocycles. The summed E-state index contributed by atoms with van der Waals surface area (Å²) in [7, 11) is 1.51. The Kier molecular flexibility index (Phi) is 2.82. The molecular formula is C11H15N3O5. The van der Waals surface area contributed by atoms with Crippen LogP contribution >= 0.6 is 0 Å². The van der Waals surface area contributed by atoms with Crippen LogP contribution in [0.5, 0.6) is 0 Å². The molecule has 0 bridgehead atoms. The van der Waals surface area contributed by atoms with Gasteiger partial charge in [0.1, 0.15) is 23.6 Å². The number of aliphatic hydroxyl groups is 1. The molecule has 2 saturated heterocycles. The minimum Gasteiger partial charge on any atom is -0.393 e. The van der Waals surface area contributed by atoms with Crippen molar-refractivity contribution in [3.63, 3.8) is 0 Å². The minimum atomic E-state index is -0.799. The normalized spacial score (nSPS) is 36.8. The Hall–Kier alpha value is -1.48. The van der Waals surface area contributed by atoms with Gasteiger partial charge < -0.3 is 25.1 Å². The molecular weight excluding hydrogens is 254 g/mol. The number of aliphatic hydroxyl groups excluding tert-OH is 1. The van der Waals surface area contributed by atoms with Gasteiger partial charge in [0.15, 0.2) is 6.23 Å². The monoisotopic (exact) mass is 269 g/mol. The van der Waals surface area contributed by atoms with E-state index in [0.717, 1.165) is 0 Å². The van der Waals surface area contributed by atoms with Crippen molar-refractivity contribution >= 4 is 5.82 Å². The fourth-order valence-electron chi connectivity index (χ4n) is 2.57. The van der Waals surface area contributed by atoms with Gasteiger partial charge in [-0.1, -0.05) is 0 Å². The molecule has 2 fully saturated rings. The van der Waals surface area contributed by atoms with Gasteiger partial charge in [-0.25, -0.2) is 4.79 Å². The molecule has 104 valence electrons.